The van der Waals surface area contributed by atoms with Crippen LogP contribution in [0.2, 0.25) is 25.2 Å². The fraction of sp³-hybridized carbons (Fsp3) is 1.00. The maximum absolute atomic E-state index is 11.8. The van der Waals surface area contributed by atoms with E-state index in [-0.39, 0.29) is 12.1 Å². The fourth-order valence-electron chi connectivity index (χ4n) is 1.31. The van der Waals surface area contributed by atoms with Crippen molar-refractivity contribution in [2.24, 2.45) is 0 Å². The number of alkyl halides is 6. The summed E-state index contributed by atoms with van der Waals surface area (Å²) < 4.78 is 90.2. The maximum atomic E-state index is 11.8. The van der Waals surface area contributed by atoms with E-state index in [1.807, 2.05) is 0 Å². The lowest BCUT2D eigenvalue weighted by Gasteiger charge is -2.22. The molecule has 0 radical (unpaired) electrons. The number of halogens is 6. The van der Waals surface area contributed by atoms with Crippen LogP contribution in [-0.2, 0) is 17.7 Å². The summed E-state index contributed by atoms with van der Waals surface area (Å²) in [6.07, 6.45) is -9.91. The van der Waals surface area contributed by atoms with Crippen molar-refractivity contribution in [3.63, 3.8) is 0 Å². The molecule has 148 valence electrons. The molecule has 0 atom stereocenters. The molecule has 0 fully saturated rings. The predicted octanol–water partition coefficient (Wildman–Crippen LogP) is 4.61. The lowest BCUT2D eigenvalue weighted by molar-refractivity contribution is -0.132. The maximum Gasteiger partial charge on any atom is 0.389 e. The molecule has 0 aromatic heterocycles. The summed E-state index contributed by atoms with van der Waals surface area (Å²) in [6, 6.07) is -0.104. The zero-order valence-corrected chi connectivity index (χ0v) is 16.7. The normalized spacial score (nSPS) is 13.5. The lowest BCUT2D eigenvalue weighted by atomic mass is 10.5. The van der Waals surface area contributed by atoms with Gasteiger partial charge in [-0.15, -0.1) is 0 Å². The second kappa shape index (κ2) is 10.8. The molecule has 0 spiro atoms. The summed E-state index contributed by atoms with van der Waals surface area (Å²) in [5.41, 5.74) is 0. The second-order valence-electron chi connectivity index (χ2n) is 5.31. The van der Waals surface area contributed by atoms with Crippen molar-refractivity contribution in [2.75, 3.05) is 28.4 Å². The van der Waals surface area contributed by atoms with E-state index in [1.165, 1.54) is 28.4 Å². The van der Waals surface area contributed by atoms with Gasteiger partial charge in [0.1, 0.15) is 0 Å². The summed E-state index contributed by atoms with van der Waals surface area (Å²) in [7, 11) is 0.470. The third-order valence-corrected chi connectivity index (χ3v) is 9.22. The monoisotopic (exact) mass is 404 g/mol. The molecule has 0 aliphatic carbocycles. The van der Waals surface area contributed by atoms with Gasteiger partial charge in [-0.2, -0.15) is 26.3 Å². The summed E-state index contributed by atoms with van der Waals surface area (Å²) >= 11 is 0. The third-order valence-electron chi connectivity index (χ3n) is 3.45. The largest absolute Gasteiger partial charge is 0.398 e. The van der Waals surface area contributed by atoms with E-state index in [0.29, 0.717) is 0 Å². The SMILES string of the molecule is CO[Si](C)(CCC(F)(F)F)OC.CO[Si](C)(CCC(F)(F)F)OC. The first-order chi connectivity index (χ1) is 10.7. The van der Waals surface area contributed by atoms with Crippen molar-refractivity contribution < 1.29 is 44.0 Å². The lowest BCUT2D eigenvalue weighted by Crippen LogP contribution is -2.37. The Bertz CT molecular complexity index is 298. The van der Waals surface area contributed by atoms with Crippen LogP contribution in [0.5, 0.6) is 0 Å². The third kappa shape index (κ3) is 14.2. The summed E-state index contributed by atoms with van der Waals surface area (Å²) in [6.45, 7) is 3.22. The smallest absolute Gasteiger partial charge is 0.389 e. The average molecular weight is 404 g/mol. The van der Waals surface area contributed by atoms with Crippen molar-refractivity contribution in [3.8, 4) is 0 Å². The second-order valence-corrected chi connectivity index (χ2v) is 12.5. The Morgan fingerprint density at radius 3 is 0.917 bits per heavy atom. The molecular weight excluding hydrogens is 378 g/mol. The highest BCUT2D eigenvalue weighted by molar-refractivity contribution is 6.66. The minimum atomic E-state index is -4.12. The highest BCUT2D eigenvalue weighted by atomic mass is 28.4. The van der Waals surface area contributed by atoms with Gasteiger partial charge < -0.3 is 17.7 Å². The molecule has 0 heterocycles. The predicted molar refractivity (Wildman–Crippen MR) is 82.2 cm³/mol. The van der Waals surface area contributed by atoms with Gasteiger partial charge in [0.05, 0.1) is 0 Å². The van der Waals surface area contributed by atoms with E-state index in [9.17, 15) is 26.3 Å². The van der Waals surface area contributed by atoms with Crippen LogP contribution in [0.25, 0.3) is 0 Å². The van der Waals surface area contributed by atoms with E-state index < -0.39 is 42.3 Å². The highest BCUT2D eigenvalue weighted by Gasteiger charge is 2.37. The summed E-state index contributed by atoms with van der Waals surface area (Å²) in [5.74, 6) is 0. The Labute approximate surface area is 140 Å². The number of hydrogen-bond donors (Lipinski definition) is 0. The summed E-state index contributed by atoms with van der Waals surface area (Å²) in [5, 5.41) is 0. The van der Waals surface area contributed by atoms with E-state index in [2.05, 4.69) is 0 Å². The van der Waals surface area contributed by atoms with Crippen molar-refractivity contribution in [1.29, 1.82) is 0 Å². The Kier molecular flexibility index (Phi) is 11.7. The molecular formula is C12H26F6O4Si2. The molecule has 0 aromatic carbocycles. The Balaban J connectivity index is 0. The highest BCUT2D eigenvalue weighted by Crippen LogP contribution is 2.27. The molecule has 24 heavy (non-hydrogen) atoms. The number of rotatable bonds is 8. The molecule has 0 aliphatic rings. The molecule has 12 heteroatoms. The average Bonchev–Trinajstić information content (AvgIpc) is 2.49. The topological polar surface area (TPSA) is 36.9 Å². The van der Waals surface area contributed by atoms with Gasteiger partial charge in [-0.05, 0) is 25.2 Å². The quantitative estimate of drug-likeness (QED) is 0.437. The first kappa shape index (κ1) is 26.1. The van der Waals surface area contributed by atoms with Gasteiger partial charge in [-0.25, -0.2) is 0 Å². The Hall–Kier alpha value is -0.146. The van der Waals surface area contributed by atoms with Gasteiger partial charge in [-0.1, -0.05) is 0 Å². The van der Waals surface area contributed by atoms with Crippen LogP contribution >= 0.6 is 0 Å². The molecule has 0 aliphatic heterocycles. The molecule has 0 unspecified atom stereocenters. The van der Waals surface area contributed by atoms with Crippen LogP contribution < -0.4 is 0 Å². The van der Waals surface area contributed by atoms with Gasteiger partial charge >= 0.3 is 29.5 Å². The van der Waals surface area contributed by atoms with Crippen LogP contribution in [0, 0.1) is 0 Å². The minimum Gasteiger partial charge on any atom is -0.398 e. The molecule has 0 aromatic rings. The first-order valence-corrected chi connectivity index (χ1v) is 12.0. The Morgan fingerprint density at radius 1 is 0.583 bits per heavy atom. The zero-order chi connectivity index (χ0) is 19.7. The molecule has 0 N–H and O–H groups in total. The van der Waals surface area contributed by atoms with Crippen molar-refractivity contribution in [3.05, 3.63) is 0 Å². The van der Waals surface area contributed by atoms with E-state index in [4.69, 9.17) is 17.7 Å². The van der Waals surface area contributed by atoms with Crippen molar-refractivity contribution in [1.82, 2.24) is 0 Å². The molecule has 0 bridgehead atoms. The van der Waals surface area contributed by atoms with Gasteiger partial charge in [0, 0.05) is 41.3 Å². The van der Waals surface area contributed by atoms with Gasteiger partial charge in [0.15, 0.2) is 0 Å². The fourth-order valence-corrected chi connectivity index (χ4v) is 3.94. The van der Waals surface area contributed by atoms with Crippen LogP contribution in [0.4, 0.5) is 26.3 Å². The van der Waals surface area contributed by atoms with Crippen molar-refractivity contribution >= 4 is 17.1 Å². The van der Waals surface area contributed by atoms with Gasteiger partial charge in [0.25, 0.3) is 0 Å². The molecule has 4 nitrogen and oxygen atoms in total. The van der Waals surface area contributed by atoms with Crippen LogP contribution in [0.1, 0.15) is 12.8 Å². The zero-order valence-electron chi connectivity index (χ0n) is 14.7. The van der Waals surface area contributed by atoms with E-state index in [1.54, 1.807) is 13.1 Å². The molecule has 0 rings (SSSR count). The van der Waals surface area contributed by atoms with Crippen LogP contribution in [0.15, 0.2) is 0 Å². The van der Waals surface area contributed by atoms with Crippen LogP contribution in [-0.4, -0.2) is 57.9 Å². The molecule has 0 saturated carbocycles. The van der Waals surface area contributed by atoms with Gasteiger partial charge in [0.2, 0.25) is 0 Å². The first-order valence-electron chi connectivity index (χ1n) is 7.00. The number of hydrogen-bond acceptors (Lipinski definition) is 4. The standard InChI is InChI=1S/2C6H13F3O2Si/c2*1-10-12(3,11-2)5-4-6(7,8)9/h2*4-5H2,1-3H3. The molecule has 0 saturated heterocycles. The van der Waals surface area contributed by atoms with E-state index in [0.717, 1.165) is 0 Å². The Morgan fingerprint density at radius 2 is 0.792 bits per heavy atom. The van der Waals surface area contributed by atoms with Crippen LogP contribution in [0.3, 0.4) is 0 Å². The van der Waals surface area contributed by atoms with Crippen molar-refractivity contribution in [2.45, 2.75) is 50.4 Å². The van der Waals surface area contributed by atoms with Gasteiger partial charge in [-0.3, -0.25) is 0 Å². The molecule has 0 amide bonds. The minimum absolute atomic E-state index is 0.0521. The van der Waals surface area contributed by atoms with E-state index >= 15 is 0 Å². The summed E-state index contributed by atoms with van der Waals surface area (Å²) in [4.78, 5) is 0.